The number of rotatable bonds is 13. The number of hydrogen-bond acceptors (Lipinski definition) is 5. The Bertz CT molecular complexity index is 2280. The molecule has 0 radical (unpaired) electrons. The van der Waals surface area contributed by atoms with Crippen molar-refractivity contribution in [2.45, 2.75) is 149 Å². The van der Waals surface area contributed by atoms with Crippen LogP contribution in [0.2, 0.25) is 0 Å². The van der Waals surface area contributed by atoms with Gasteiger partial charge in [0.15, 0.2) is 0 Å². The van der Waals surface area contributed by atoms with Gasteiger partial charge >= 0.3 is 371 Å². The zero-order valence-electron chi connectivity index (χ0n) is 41.3. The van der Waals surface area contributed by atoms with Crippen molar-refractivity contribution >= 4 is 29.8 Å². The molecule has 328 valence electrons. The van der Waals surface area contributed by atoms with Crippen LogP contribution >= 0.6 is 6.60 Å². The van der Waals surface area contributed by atoms with E-state index in [2.05, 4.69) is 185 Å². The summed E-state index contributed by atoms with van der Waals surface area (Å²) in [6.07, 6.45) is 0. The molecule has 0 aromatic heterocycles. The van der Waals surface area contributed by atoms with Crippen LogP contribution in [0.15, 0.2) is 60.7 Å². The van der Waals surface area contributed by atoms with Gasteiger partial charge in [0.1, 0.15) is 0 Å². The molecule has 0 saturated heterocycles. The van der Waals surface area contributed by atoms with Crippen LogP contribution in [0.5, 0.6) is 28.7 Å². The van der Waals surface area contributed by atoms with Gasteiger partial charge in [-0.05, 0) is 0 Å². The average molecular weight is 845 g/mol. The maximum absolute atomic E-state index is 7.33. The van der Waals surface area contributed by atoms with Crippen molar-refractivity contribution < 1.29 is 23.4 Å². The summed E-state index contributed by atoms with van der Waals surface area (Å²) in [5, 5.41) is 3.22. The van der Waals surface area contributed by atoms with Gasteiger partial charge in [-0.3, -0.25) is 0 Å². The van der Waals surface area contributed by atoms with E-state index in [0.717, 1.165) is 62.1 Å². The van der Waals surface area contributed by atoms with Crippen molar-refractivity contribution in [2.75, 3.05) is 13.2 Å². The Morgan fingerprint density at radius 3 is 1.10 bits per heavy atom. The second kappa shape index (κ2) is 17.4. The quantitative estimate of drug-likeness (QED) is 0.0873. The molecule has 0 unspecified atom stereocenters. The van der Waals surface area contributed by atoms with Gasteiger partial charge in [0.25, 0.3) is 0 Å². The van der Waals surface area contributed by atoms with Gasteiger partial charge in [-0.15, -0.1) is 0 Å². The third-order valence-electron chi connectivity index (χ3n) is 12.9. The molecule has 5 nitrogen and oxygen atoms in total. The Morgan fingerprint density at radius 2 is 0.738 bits per heavy atom. The molecule has 0 aliphatic heterocycles. The molecule has 0 heterocycles. The second-order valence-corrected chi connectivity index (χ2v) is 26.0. The van der Waals surface area contributed by atoms with Crippen molar-refractivity contribution in [3.05, 3.63) is 127 Å². The summed E-state index contributed by atoms with van der Waals surface area (Å²) in [6, 6.07) is 22.4. The summed E-state index contributed by atoms with van der Waals surface area (Å²) >= 11 is 0. The molecule has 0 fully saturated rings. The van der Waals surface area contributed by atoms with Crippen LogP contribution in [0.25, 0.3) is 0 Å². The molecule has 0 atom stereocenters. The second-order valence-electron chi connectivity index (χ2n) is 19.6. The van der Waals surface area contributed by atoms with Crippen LogP contribution in [0.3, 0.4) is 0 Å². The van der Waals surface area contributed by atoms with Crippen LogP contribution in [0.1, 0.15) is 122 Å². The predicted octanol–water partition coefficient (Wildman–Crippen LogP) is 13.1. The molecule has 0 spiro atoms. The summed E-state index contributed by atoms with van der Waals surface area (Å²) in [5.41, 5.74) is 13.6. The van der Waals surface area contributed by atoms with Crippen molar-refractivity contribution in [1.82, 2.24) is 0 Å². The van der Waals surface area contributed by atoms with Crippen molar-refractivity contribution in [3.63, 3.8) is 0 Å². The van der Waals surface area contributed by atoms with Crippen LogP contribution < -0.4 is 39.4 Å². The molecule has 5 aromatic carbocycles. The Hall–Kier alpha value is -4.41. The Kier molecular flexibility index (Phi) is 13.6. The first kappa shape index (κ1) is 47.6. The monoisotopic (exact) mass is 845 g/mol. The zero-order chi connectivity index (χ0) is 45.6. The Labute approximate surface area is 370 Å². The number of benzene rings is 5. The molecule has 0 amide bonds. The normalized spacial score (nSPS) is 12.8. The summed E-state index contributed by atoms with van der Waals surface area (Å²) < 4.78 is 34.1. The molecule has 5 aromatic rings. The standard InChI is InChI=1S/C54H74BO5P/c1-21-56-45-30-46(57-22-2)32-47(31-45)61(53(15,16)17,54(18,19)20,51-41(11)27-35(5)28-42(51)12)52-43(13)29-40(10)50(44(52)14)60-55(58-48-36(6)23-33(3)24-37(48)7)59-49-38(8)25-34(4)26-39(49)9/h23-32H,21-22H2,1-20H3. The summed E-state index contributed by atoms with van der Waals surface area (Å²) in [4.78, 5) is 0. The van der Waals surface area contributed by atoms with Crippen LogP contribution in [-0.4, -0.2) is 30.8 Å². The SMILES string of the molecule is CCOc1cc(OCC)cc(P(c2c(C)cc(C)cc2C)(c2c(C)cc(C)c(OB(Oc3c(C)cc(C)cc3C)Oc3c(C)cc(C)cc3C)c2C)(C(C)(C)C)C(C)(C)C)c1. The molecule has 0 saturated carbocycles. The minimum atomic E-state index is -3.89. The number of hydrogen-bond donors (Lipinski definition) is 0. The number of aryl methyl sites for hydroxylation is 11. The van der Waals surface area contributed by atoms with Gasteiger partial charge in [0.2, 0.25) is 0 Å². The first-order chi connectivity index (χ1) is 28.3. The maximum atomic E-state index is 7.33. The van der Waals surface area contributed by atoms with E-state index in [1.807, 2.05) is 13.8 Å². The third-order valence-corrected chi connectivity index (χ3v) is 22.8. The van der Waals surface area contributed by atoms with Gasteiger partial charge in [-0.1, -0.05) is 0 Å². The Balaban J connectivity index is 2.01. The Morgan fingerprint density at radius 1 is 0.410 bits per heavy atom. The first-order valence-corrected chi connectivity index (χ1v) is 24.3. The van der Waals surface area contributed by atoms with E-state index in [1.165, 1.54) is 49.3 Å². The van der Waals surface area contributed by atoms with Gasteiger partial charge in [0, 0.05) is 0 Å². The van der Waals surface area contributed by atoms with E-state index in [-0.39, 0.29) is 10.3 Å². The van der Waals surface area contributed by atoms with Gasteiger partial charge in [0.05, 0.1) is 0 Å². The summed E-state index contributed by atoms with van der Waals surface area (Å²) in [5.74, 6) is 3.88. The topological polar surface area (TPSA) is 46.2 Å². The molecule has 5 rings (SSSR count). The molecule has 0 bridgehead atoms. The van der Waals surface area contributed by atoms with Gasteiger partial charge < -0.3 is 0 Å². The molecule has 7 heteroatoms. The third kappa shape index (κ3) is 7.97. The van der Waals surface area contributed by atoms with E-state index in [0.29, 0.717) is 13.2 Å². The fraction of sp³-hybridized carbons (Fsp3) is 0.444. The molecular formula is C54H74BO5P. The summed E-state index contributed by atoms with van der Waals surface area (Å²) in [7, 11) is -1.10. The van der Waals surface area contributed by atoms with E-state index >= 15 is 0 Å². The zero-order valence-corrected chi connectivity index (χ0v) is 42.1. The van der Waals surface area contributed by atoms with Gasteiger partial charge in [-0.25, -0.2) is 0 Å². The van der Waals surface area contributed by atoms with Crippen LogP contribution in [0.4, 0.5) is 0 Å². The minimum absolute atomic E-state index is 0.357. The van der Waals surface area contributed by atoms with Crippen molar-refractivity contribution in [2.24, 2.45) is 0 Å². The molecule has 0 aliphatic carbocycles. The molecule has 0 aliphatic rings. The molecule has 61 heavy (non-hydrogen) atoms. The van der Waals surface area contributed by atoms with Crippen molar-refractivity contribution in [1.29, 1.82) is 0 Å². The predicted molar refractivity (Wildman–Crippen MR) is 264 cm³/mol. The van der Waals surface area contributed by atoms with E-state index in [1.54, 1.807) is 0 Å². The van der Waals surface area contributed by atoms with E-state index < -0.39 is 13.9 Å². The van der Waals surface area contributed by atoms with E-state index in [9.17, 15) is 0 Å². The van der Waals surface area contributed by atoms with Crippen molar-refractivity contribution in [3.8, 4) is 28.7 Å². The first-order valence-electron chi connectivity index (χ1n) is 22.1. The number of ether oxygens (including phenoxy) is 2. The van der Waals surface area contributed by atoms with Crippen LogP contribution in [-0.2, 0) is 0 Å². The molecule has 0 N–H and O–H groups in total. The average Bonchev–Trinajstić information content (AvgIpc) is 3.10. The summed E-state index contributed by atoms with van der Waals surface area (Å²) in [6.45, 7) is 42.2. The van der Waals surface area contributed by atoms with E-state index in [4.69, 9.17) is 23.4 Å². The fourth-order valence-electron chi connectivity index (χ4n) is 11.8. The fourth-order valence-corrected chi connectivity index (χ4v) is 22.6. The van der Waals surface area contributed by atoms with Gasteiger partial charge in [-0.2, -0.15) is 0 Å². The van der Waals surface area contributed by atoms with Crippen LogP contribution in [0, 0.1) is 83.1 Å². The molecular weight excluding hydrogens is 770 g/mol.